The number of hydrogen-bond donors (Lipinski definition) is 2. The largest absolute Gasteiger partial charge is 0.489 e. The normalized spacial score (nSPS) is 16.2. The number of H-pyrrole nitrogens is 1. The Balaban J connectivity index is 1.12. The van der Waals surface area contributed by atoms with Crippen molar-refractivity contribution in [3.63, 3.8) is 0 Å². The zero-order valence-electron chi connectivity index (χ0n) is 21.9. The first-order valence-electron chi connectivity index (χ1n) is 13.4. The van der Waals surface area contributed by atoms with Crippen LogP contribution in [0.4, 0.5) is 11.8 Å². The molecule has 0 bridgehead atoms. The molecule has 0 spiro atoms. The van der Waals surface area contributed by atoms with E-state index >= 15 is 0 Å². The highest BCUT2D eigenvalue weighted by Gasteiger charge is 2.34. The van der Waals surface area contributed by atoms with Crippen molar-refractivity contribution < 1.29 is 9.53 Å². The Kier molecular flexibility index (Phi) is 6.68. The lowest BCUT2D eigenvalue weighted by atomic mass is 10.1. The quantitative estimate of drug-likeness (QED) is 0.357. The molecule has 1 saturated carbocycles. The van der Waals surface area contributed by atoms with Gasteiger partial charge < -0.3 is 19.9 Å². The molecule has 196 valence electrons. The molecule has 2 N–H and O–H groups in total. The molecular formula is C29H33N7O2. The van der Waals surface area contributed by atoms with Crippen LogP contribution in [0.5, 0.6) is 5.75 Å². The van der Waals surface area contributed by atoms with Crippen LogP contribution in [0.15, 0.2) is 55.0 Å². The predicted octanol–water partition coefficient (Wildman–Crippen LogP) is 4.60. The van der Waals surface area contributed by atoms with Crippen molar-refractivity contribution in [3.05, 3.63) is 60.6 Å². The van der Waals surface area contributed by atoms with E-state index in [-0.39, 0.29) is 6.10 Å². The van der Waals surface area contributed by atoms with E-state index in [9.17, 15) is 4.79 Å². The van der Waals surface area contributed by atoms with E-state index in [1.807, 2.05) is 49.2 Å². The highest BCUT2D eigenvalue weighted by atomic mass is 16.5. The molecule has 9 heteroatoms. The molecule has 0 radical (unpaired) electrons. The summed E-state index contributed by atoms with van der Waals surface area (Å²) < 4.78 is 5.96. The summed E-state index contributed by atoms with van der Waals surface area (Å²) >= 11 is 0. The van der Waals surface area contributed by atoms with Crippen molar-refractivity contribution in [1.29, 1.82) is 0 Å². The van der Waals surface area contributed by atoms with Crippen molar-refractivity contribution in [2.75, 3.05) is 31.5 Å². The van der Waals surface area contributed by atoms with Crippen LogP contribution in [0, 0.1) is 5.92 Å². The maximum atomic E-state index is 12.3. The smallest absolute Gasteiger partial charge is 0.225 e. The highest BCUT2D eigenvalue weighted by Crippen LogP contribution is 2.33. The first-order chi connectivity index (χ1) is 18.5. The van der Waals surface area contributed by atoms with Gasteiger partial charge in [0.1, 0.15) is 11.6 Å². The molecule has 1 amide bonds. The van der Waals surface area contributed by atoms with Crippen molar-refractivity contribution in [2.24, 2.45) is 5.92 Å². The second-order valence-electron chi connectivity index (χ2n) is 10.4. The minimum Gasteiger partial charge on any atom is -0.489 e. The summed E-state index contributed by atoms with van der Waals surface area (Å²) in [6, 6.07) is 12.2. The van der Waals surface area contributed by atoms with E-state index in [1.54, 1.807) is 12.4 Å². The van der Waals surface area contributed by atoms with Gasteiger partial charge in [-0.2, -0.15) is 0 Å². The van der Waals surface area contributed by atoms with E-state index in [4.69, 9.17) is 9.72 Å². The van der Waals surface area contributed by atoms with Crippen molar-refractivity contribution in [1.82, 2.24) is 29.7 Å². The standard InChI is InChI=1S/C29H33N7O2/c1-19(2)38-26-17-30-9-8-23(26)22-5-6-24-25(16-22)33-29(32-24)34-27-15-20(7-10-31-27)18-35-11-13-36(14-12-35)28(37)21-3-4-21/h5-10,15-17,19,21H,3-4,11-14,18H2,1-2H3,(H2,31,32,33,34). The number of fused-ring (bicyclic) bond motifs is 1. The van der Waals surface area contributed by atoms with Gasteiger partial charge >= 0.3 is 0 Å². The van der Waals surface area contributed by atoms with E-state index in [0.29, 0.717) is 17.8 Å². The number of carbonyl (C=O) groups excluding carboxylic acids is 1. The van der Waals surface area contributed by atoms with Gasteiger partial charge in [0, 0.05) is 56.6 Å². The Labute approximate surface area is 222 Å². The topological polar surface area (TPSA) is 99.3 Å². The minimum atomic E-state index is 0.0639. The molecule has 9 nitrogen and oxygen atoms in total. The number of ether oxygens (including phenoxy) is 1. The van der Waals surface area contributed by atoms with Crippen molar-refractivity contribution in [3.8, 4) is 16.9 Å². The van der Waals surface area contributed by atoms with Crippen LogP contribution in [0.1, 0.15) is 32.3 Å². The predicted molar refractivity (Wildman–Crippen MR) is 147 cm³/mol. The van der Waals surface area contributed by atoms with Crippen LogP contribution >= 0.6 is 0 Å². The molecule has 1 aliphatic heterocycles. The molecule has 4 heterocycles. The lowest BCUT2D eigenvalue weighted by molar-refractivity contribution is -0.134. The molecule has 0 atom stereocenters. The first kappa shape index (κ1) is 24.4. The zero-order chi connectivity index (χ0) is 26.1. The van der Waals surface area contributed by atoms with E-state index in [0.717, 1.165) is 79.3 Å². The summed E-state index contributed by atoms with van der Waals surface area (Å²) in [6.45, 7) is 8.28. The van der Waals surface area contributed by atoms with Gasteiger partial charge in [-0.25, -0.2) is 9.97 Å². The summed E-state index contributed by atoms with van der Waals surface area (Å²) in [5.41, 5.74) is 4.99. The highest BCUT2D eigenvalue weighted by molar-refractivity contribution is 5.85. The number of nitrogens with one attached hydrogen (secondary N) is 2. The maximum absolute atomic E-state index is 12.3. The minimum absolute atomic E-state index is 0.0639. The van der Waals surface area contributed by atoms with Crippen molar-refractivity contribution >= 4 is 28.7 Å². The third-order valence-electron chi connectivity index (χ3n) is 7.03. The fourth-order valence-corrected chi connectivity index (χ4v) is 4.94. The molecule has 1 aromatic carbocycles. The van der Waals surface area contributed by atoms with Crippen LogP contribution in [-0.2, 0) is 11.3 Å². The number of aromatic nitrogens is 4. The average molecular weight is 512 g/mol. The number of rotatable bonds is 8. The number of piperazine rings is 1. The SMILES string of the molecule is CC(C)Oc1cnccc1-c1ccc2nc(Nc3cc(CN4CCN(C(=O)C5CC5)CC4)ccn3)[nH]c2c1. The average Bonchev–Trinajstić information content (AvgIpc) is 3.69. The van der Waals surface area contributed by atoms with Crippen molar-refractivity contribution in [2.45, 2.75) is 39.3 Å². The number of aromatic amines is 1. The molecule has 1 saturated heterocycles. The Hall–Kier alpha value is -3.98. The first-order valence-corrected chi connectivity index (χ1v) is 13.4. The lowest BCUT2D eigenvalue weighted by Crippen LogP contribution is -2.48. The molecule has 2 fully saturated rings. The number of nitrogens with zero attached hydrogens (tertiary/aromatic N) is 5. The fraction of sp³-hybridized carbons (Fsp3) is 0.379. The second-order valence-corrected chi connectivity index (χ2v) is 10.4. The van der Waals surface area contributed by atoms with Crippen LogP contribution in [0.25, 0.3) is 22.2 Å². The number of pyridine rings is 2. The number of carbonyl (C=O) groups is 1. The third kappa shape index (κ3) is 5.47. The molecular weight excluding hydrogens is 478 g/mol. The molecule has 1 aliphatic carbocycles. The van der Waals surface area contributed by atoms with Gasteiger partial charge in [-0.1, -0.05) is 6.07 Å². The monoisotopic (exact) mass is 511 g/mol. The summed E-state index contributed by atoms with van der Waals surface area (Å²) in [5.74, 6) is 2.79. The number of anilines is 2. The molecule has 3 aromatic heterocycles. The zero-order valence-corrected chi connectivity index (χ0v) is 21.9. The number of amides is 1. The number of benzene rings is 1. The van der Waals surface area contributed by atoms with E-state index < -0.39 is 0 Å². The number of imidazole rings is 1. The third-order valence-corrected chi connectivity index (χ3v) is 7.03. The molecule has 6 rings (SSSR count). The Morgan fingerprint density at radius 2 is 1.95 bits per heavy atom. The summed E-state index contributed by atoms with van der Waals surface area (Å²) in [6.07, 6.45) is 7.55. The fourth-order valence-electron chi connectivity index (χ4n) is 4.94. The Bertz CT molecular complexity index is 1440. The van der Waals surface area contributed by atoms with Gasteiger partial charge in [-0.15, -0.1) is 0 Å². The lowest BCUT2D eigenvalue weighted by Gasteiger charge is -2.34. The van der Waals surface area contributed by atoms with Crippen LogP contribution in [-0.4, -0.2) is 67.9 Å². The van der Waals surface area contributed by atoms with E-state index in [2.05, 4.69) is 37.3 Å². The molecule has 4 aromatic rings. The van der Waals surface area contributed by atoms with Gasteiger partial charge in [0.2, 0.25) is 11.9 Å². The van der Waals surface area contributed by atoms with Gasteiger partial charge in [-0.3, -0.25) is 14.7 Å². The Morgan fingerprint density at radius 1 is 1.11 bits per heavy atom. The maximum Gasteiger partial charge on any atom is 0.225 e. The summed E-state index contributed by atoms with van der Waals surface area (Å²) in [4.78, 5) is 33.6. The summed E-state index contributed by atoms with van der Waals surface area (Å²) in [7, 11) is 0. The molecule has 38 heavy (non-hydrogen) atoms. The van der Waals surface area contributed by atoms with Crippen LogP contribution in [0.3, 0.4) is 0 Å². The van der Waals surface area contributed by atoms with Crippen LogP contribution in [0.2, 0.25) is 0 Å². The molecule has 2 aliphatic rings. The van der Waals surface area contributed by atoms with Crippen LogP contribution < -0.4 is 10.1 Å². The van der Waals surface area contributed by atoms with Gasteiger partial charge in [0.25, 0.3) is 0 Å². The second kappa shape index (κ2) is 10.4. The summed E-state index contributed by atoms with van der Waals surface area (Å²) in [5, 5.41) is 3.33. The number of hydrogen-bond acceptors (Lipinski definition) is 7. The Morgan fingerprint density at radius 3 is 2.74 bits per heavy atom. The molecule has 0 unspecified atom stereocenters. The van der Waals surface area contributed by atoms with Gasteiger partial charge in [0.05, 0.1) is 23.3 Å². The van der Waals surface area contributed by atoms with Gasteiger partial charge in [-0.05, 0) is 68.1 Å². The van der Waals surface area contributed by atoms with Gasteiger partial charge in [0.15, 0.2) is 0 Å². The van der Waals surface area contributed by atoms with E-state index in [1.165, 1.54) is 5.56 Å².